The van der Waals surface area contributed by atoms with Crippen molar-refractivity contribution in [1.82, 2.24) is 20.2 Å². The van der Waals surface area contributed by atoms with Gasteiger partial charge in [0.25, 0.3) is 0 Å². The average molecular weight is 380 g/mol. The lowest BCUT2D eigenvalue weighted by Crippen LogP contribution is -2.41. The van der Waals surface area contributed by atoms with Gasteiger partial charge in [-0.2, -0.15) is 0 Å². The average Bonchev–Trinajstić information content (AvgIpc) is 3.01. The Hall–Kier alpha value is -1.24. The summed E-state index contributed by atoms with van der Waals surface area (Å²) < 4.78 is 1.57. The van der Waals surface area contributed by atoms with Crippen LogP contribution in [0.1, 0.15) is 77.0 Å². The van der Waals surface area contributed by atoms with Crippen LogP contribution in [0, 0.1) is 11.8 Å². The van der Waals surface area contributed by atoms with Crippen LogP contribution in [0.3, 0.4) is 0 Å². The van der Waals surface area contributed by atoms with Crippen LogP contribution in [0.4, 0.5) is 0 Å². The van der Waals surface area contributed by atoms with Crippen LogP contribution in [0.25, 0.3) is 0 Å². The predicted octanol–water partition coefficient (Wildman–Crippen LogP) is 3.29. The van der Waals surface area contributed by atoms with Gasteiger partial charge in [-0.3, -0.25) is 4.79 Å². The van der Waals surface area contributed by atoms with Gasteiger partial charge in [-0.1, -0.05) is 63.6 Å². The SMILES string of the molecule is C[C@H]1CCCC[C@H]1NC(=O)CSc1nnc(CCC2CCCCC2)n1N. The molecule has 2 fully saturated rings. The van der Waals surface area contributed by atoms with E-state index < -0.39 is 0 Å². The Labute approximate surface area is 161 Å². The molecule has 26 heavy (non-hydrogen) atoms. The molecule has 3 N–H and O–H groups in total. The molecule has 2 saturated carbocycles. The van der Waals surface area contributed by atoms with Crippen LogP contribution in [0.15, 0.2) is 5.16 Å². The molecule has 0 spiro atoms. The Morgan fingerprint density at radius 2 is 1.88 bits per heavy atom. The number of nitrogens with one attached hydrogen (secondary N) is 1. The Balaban J connectivity index is 1.43. The number of nitrogen functional groups attached to an aromatic ring is 1. The summed E-state index contributed by atoms with van der Waals surface area (Å²) in [7, 11) is 0. The minimum Gasteiger partial charge on any atom is -0.352 e. The molecule has 0 bridgehead atoms. The Kier molecular flexibility index (Phi) is 7.23. The molecule has 0 unspecified atom stereocenters. The van der Waals surface area contributed by atoms with Gasteiger partial charge in [0.1, 0.15) is 0 Å². The minimum absolute atomic E-state index is 0.0699. The van der Waals surface area contributed by atoms with Gasteiger partial charge in [0.15, 0.2) is 5.82 Å². The maximum Gasteiger partial charge on any atom is 0.230 e. The van der Waals surface area contributed by atoms with E-state index in [1.54, 1.807) is 4.68 Å². The fourth-order valence-electron chi connectivity index (χ4n) is 4.29. The van der Waals surface area contributed by atoms with Gasteiger partial charge >= 0.3 is 0 Å². The number of rotatable bonds is 7. The molecule has 0 aliphatic heterocycles. The number of nitrogens with zero attached hydrogens (tertiary/aromatic N) is 3. The van der Waals surface area contributed by atoms with E-state index >= 15 is 0 Å². The highest BCUT2D eigenvalue weighted by Crippen LogP contribution is 2.27. The number of carbonyl (C=O) groups is 1. The number of aryl methyl sites for hydroxylation is 1. The van der Waals surface area contributed by atoms with Crippen molar-refractivity contribution in [2.45, 2.75) is 88.8 Å². The van der Waals surface area contributed by atoms with Gasteiger partial charge in [0.2, 0.25) is 11.1 Å². The Morgan fingerprint density at radius 3 is 2.65 bits per heavy atom. The molecule has 1 amide bonds. The first-order chi connectivity index (χ1) is 12.6. The van der Waals surface area contributed by atoms with Gasteiger partial charge in [0.05, 0.1) is 5.75 Å². The van der Waals surface area contributed by atoms with Crippen molar-refractivity contribution in [3.8, 4) is 0 Å². The monoisotopic (exact) mass is 379 g/mol. The van der Waals surface area contributed by atoms with Crippen molar-refractivity contribution in [1.29, 1.82) is 0 Å². The number of hydrogen-bond donors (Lipinski definition) is 2. The Morgan fingerprint density at radius 1 is 1.15 bits per heavy atom. The van der Waals surface area contributed by atoms with Crippen LogP contribution in [0.5, 0.6) is 0 Å². The van der Waals surface area contributed by atoms with E-state index in [1.807, 2.05) is 0 Å². The largest absolute Gasteiger partial charge is 0.352 e. The highest BCUT2D eigenvalue weighted by atomic mass is 32.2. The van der Waals surface area contributed by atoms with Crippen LogP contribution < -0.4 is 11.2 Å². The number of aromatic nitrogens is 3. The molecular formula is C19H33N5OS. The lowest BCUT2D eigenvalue weighted by molar-refractivity contribution is -0.119. The molecule has 1 aromatic rings. The fourth-order valence-corrected chi connectivity index (χ4v) is 4.98. The molecule has 2 aliphatic carbocycles. The summed E-state index contributed by atoms with van der Waals surface area (Å²) in [5.74, 6) is 8.78. The van der Waals surface area contributed by atoms with Gasteiger partial charge < -0.3 is 11.2 Å². The molecule has 3 rings (SSSR count). The van der Waals surface area contributed by atoms with Gasteiger partial charge in [0, 0.05) is 12.5 Å². The third-order valence-corrected chi connectivity index (χ3v) is 6.97. The zero-order valence-corrected chi connectivity index (χ0v) is 16.8. The molecule has 2 atom stereocenters. The van der Waals surface area contributed by atoms with Crippen molar-refractivity contribution in [2.75, 3.05) is 11.6 Å². The second-order valence-corrected chi connectivity index (χ2v) is 8.98. The van der Waals surface area contributed by atoms with Crippen LogP contribution in [-0.2, 0) is 11.2 Å². The van der Waals surface area contributed by atoms with Crippen molar-refractivity contribution in [3.63, 3.8) is 0 Å². The molecule has 0 radical (unpaired) electrons. The molecule has 0 saturated heterocycles. The maximum atomic E-state index is 12.3. The minimum atomic E-state index is 0.0699. The van der Waals surface area contributed by atoms with Crippen LogP contribution >= 0.6 is 11.8 Å². The quantitative estimate of drug-likeness (QED) is 0.561. The summed E-state index contributed by atoms with van der Waals surface area (Å²) in [6.07, 6.45) is 13.6. The van der Waals surface area contributed by atoms with E-state index in [-0.39, 0.29) is 5.91 Å². The third-order valence-electron chi connectivity index (χ3n) is 6.03. The number of nitrogens with two attached hydrogens (primary N) is 1. The first-order valence-corrected chi connectivity index (χ1v) is 11.2. The number of carbonyl (C=O) groups excluding carboxylic acids is 1. The van der Waals surface area contributed by atoms with E-state index in [4.69, 9.17) is 5.84 Å². The Bertz CT molecular complexity index is 584. The topological polar surface area (TPSA) is 85.8 Å². The lowest BCUT2D eigenvalue weighted by atomic mass is 9.86. The molecule has 7 heteroatoms. The predicted molar refractivity (Wildman–Crippen MR) is 105 cm³/mol. The molecule has 1 aromatic heterocycles. The van der Waals surface area contributed by atoms with E-state index in [0.29, 0.717) is 22.9 Å². The normalized spacial score (nSPS) is 24.5. The molecule has 1 heterocycles. The number of thioether (sulfide) groups is 1. The fraction of sp³-hybridized carbons (Fsp3) is 0.842. The molecule has 6 nitrogen and oxygen atoms in total. The zero-order chi connectivity index (χ0) is 18.4. The molecule has 146 valence electrons. The maximum absolute atomic E-state index is 12.3. The summed E-state index contributed by atoms with van der Waals surface area (Å²) in [4.78, 5) is 12.3. The van der Waals surface area contributed by atoms with E-state index in [1.165, 1.54) is 63.1 Å². The van der Waals surface area contributed by atoms with Gasteiger partial charge in [-0.25, -0.2) is 4.68 Å². The zero-order valence-electron chi connectivity index (χ0n) is 16.0. The molecular weight excluding hydrogens is 346 g/mol. The van der Waals surface area contributed by atoms with Gasteiger partial charge in [-0.05, 0) is 31.1 Å². The highest BCUT2D eigenvalue weighted by Gasteiger charge is 2.23. The van der Waals surface area contributed by atoms with Crippen LogP contribution in [-0.4, -0.2) is 32.6 Å². The summed E-state index contributed by atoms with van der Waals surface area (Å²) in [5.41, 5.74) is 0. The first-order valence-electron chi connectivity index (χ1n) is 10.2. The third kappa shape index (κ3) is 5.38. The van der Waals surface area contributed by atoms with E-state index in [9.17, 15) is 4.79 Å². The van der Waals surface area contributed by atoms with Crippen LogP contribution in [0.2, 0.25) is 0 Å². The van der Waals surface area contributed by atoms with Crippen molar-refractivity contribution < 1.29 is 4.79 Å². The number of hydrogen-bond acceptors (Lipinski definition) is 5. The van der Waals surface area contributed by atoms with Crippen molar-refractivity contribution >= 4 is 17.7 Å². The standard InChI is InChI=1S/C19H33N5OS/c1-14-7-5-6-10-16(14)21-18(25)13-26-19-23-22-17(24(19)20)12-11-15-8-3-2-4-9-15/h14-16H,2-13,20H2,1H3,(H,21,25)/t14-,16+/m0/s1. The second-order valence-electron chi connectivity index (χ2n) is 8.04. The lowest BCUT2D eigenvalue weighted by Gasteiger charge is -2.29. The van der Waals surface area contributed by atoms with Gasteiger partial charge in [-0.15, -0.1) is 10.2 Å². The van der Waals surface area contributed by atoms with E-state index in [2.05, 4.69) is 22.4 Å². The second kappa shape index (κ2) is 9.62. The first kappa shape index (κ1) is 19.5. The van der Waals surface area contributed by atoms with Crippen molar-refractivity contribution in [3.05, 3.63) is 5.82 Å². The summed E-state index contributed by atoms with van der Waals surface area (Å²) in [6, 6.07) is 0.318. The van der Waals surface area contributed by atoms with Crippen molar-refractivity contribution in [2.24, 2.45) is 11.8 Å². The summed E-state index contributed by atoms with van der Waals surface area (Å²) >= 11 is 1.38. The number of amides is 1. The smallest absolute Gasteiger partial charge is 0.230 e. The summed E-state index contributed by atoms with van der Waals surface area (Å²) in [6.45, 7) is 2.23. The van der Waals surface area contributed by atoms with E-state index in [0.717, 1.165) is 31.0 Å². The molecule has 0 aromatic carbocycles. The highest BCUT2D eigenvalue weighted by molar-refractivity contribution is 7.99. The molecule has 2 aliphatic rings. The summed E-state index contributed by atoms with van der Waals surface area (Å²) in [5, 5.41) is 12.2.